The fourth-order valence-electron chi connectivity index (χ4n) is 1.37. The highest BCUT2D eigenvalue weighted by molar-refractivity contribution is 7.13. The number of anilines is 1. The van der Waals surface area contributed by atoms with E-state index in [0.29, 0.717) is 4.88 Å². The van der Waals surface area contributed by atoms with Gasteiger partial charge in [-0.25, -0.2) is 5.10 Å². The standard InChI is InChI=1S/C11H13N5O3S/c1-6-3-4-7(20-6)9(18)12-5-8(17)13-10-14-11(19-2)16-15-10/h3-4H,5H2,1-2H3,(H,12,18)(H2,13,14,15,16,17). The third-order valence-electron chi connectivity index (χ3n) is 2.28. The number of rotatable bonds is 5. The summed E-state index contributed by atoms with van der Waals surface area (Å²) in [5.74, 6) is -0.535. The van der Waals surface area contributed by atoms with Crippen LogP contribution in [0, 0.1) is 6.92 Å². The Bertz CT molecular complexity index is 621. The lowest BCUT2D eigenvalue weighted by atomic mass is 10.4. The van der Waals surface area contributed by atoms with Crippen LogP contribution in [0.2, 0.25) is 0 Å². The number of carbonyl (C=O) groups excluding carboxylic acids is 2. The fourth-order valence-corrected chi connectivity index (χ4v) is 2.16. The van der Waals surface area contributed by atoms with Crippen molar-refractivity contribution < 1.29 is 14.3 Å². The summed E-state index contributed by atoms with van der Waals surface area (Å²) < 4.78 is 4.76. The van der Waals surface area contributed by atoms with Gasteiger partial charge in [0.05, 0.1) is 18.5 Å². The van der Waals surface area contributed by atoms with Gasteiger partial charge in [0.25, 0.3) is 5.91 Å². The maximum absolute atomic E-state index is 11.7. The Morgan fingerprint density at radius 1 is 1.45 bits per heavy atom. The zero-order chi connectivity index (χ0) is 14.5. The predicted molar refractivity (Wildman–Crippen MR) is 73.0 cm³/mol. The number of aryl methyl sites for hydroxylation is 1. The van der Waals surface area contributed by atoms with Crippen molar-refractivity contribution >= 4 is 29.1 Å². The number of aromatic nitrogens is 3. The third-order valence-corrected chi connectivity index (χ3v) is 3.28. The summed E-state index contributed by atoms with van der Waals surface area (Å²) in [5, 5.41) is 11.1. The summed E-state index contributed by atoms with van der Waals surface area (Å²) in [6.45, 7) is 1.75. The minimum atomic E-state index is -0.412. The highest BCUT2D eigenvalue weighted by atomic mass is 32.1. The van der Waals surface area contributed by atoms with Crippen LogP contribution in [0.25, 0.3) is 0 Å². The first kappa shape index (κ1) is 14.0. The van der Waals surface area contributed by atoms with Gasteiger partial charge >= 0.3 is 6.01 Å². The quantitative estimate of drug-likeness (QED) is 0.746. The van der Waals surface area contributed by atoms with E-state index >= 15 is 0 Å². The topological polar surface area (TPSA) is 109 Å². The Kier molecular flexibility index (Phi) is 4.31. The molecule has 106 valence electrons. The number of methoxy groups -OCH3 is 1. The van der Waals surface area contributed by atoms with Gasteiger partial charge in [-0.15, -0.1) is 16.4 Å². The van der Waals surface area contributed by atoms with E-state index in [4.69, 9.17) is 4.74 Å². The zero-order valence-electron chi connectivity index (χ0n) is 10.9. The summed E-state index contributed by atoms with van der Waals surface area (Å²) in [4.78, 5) is 28.8. The number of thiophene rings is 1. The zero-order valence-corrected chi connectivity index (χ0v) is 11.7. The van der Waals surface area contributed by atoms with E-state index in [2.05, 4.69) is 25.8 Å². The molecule has 0 aromatic carbocycles. The summed E-state index contributed by atoms with van der Waals surface area (Å²) in [6, 6.07) is 3.69. The summed E-state index contributed by atoms with van der Waals surface area (Å²) >= 11 is 1.37. The van der Waals surface area contributed by atoms with E-state index in [1.165, 1.54) is 18.4 Å². The van der Waals surface area contributed by atoms with Crippen molar-refractivity contribution in [3.8, 4) is 6.01 Å². The Morgan fingerprint density at radius 3 is 2.85 bits per heavy atom. The van der Waals surface area contributed by atoms with Crippen molar-refractivity contribution in [3.63, 3.8) is 0 Å². The molecule has 0 aliphatic heterocycles. The number of hydrogen-bond donors (Lipinski definition) is 3. The predicted octanol–water partition coefficient (Wildman–Crippen LogP) is 0.552. The summed E-state index contributed by atoms with van der Waals surface area (Å²) in [5.41, 5.74) is 0. The molecule has 0 fully saturated rings. The molecule has 0 aliphatic rings. The molecular formula is C11H13N5O3S. The average molecular weight is 295 g/mol. The molecule has 0 aliphatic carbocycles. The Labute approximate surface area is 118 Å². The molecule has 0 spiro atoms. The average Bonchev–Trinajstić information content (AvgIpc) is 3.05. The van der Waals surface area contributed by atoms with Crippen LogP contribution in [-0.4, -0.2) is 40.7 Å². The second kappa shape index (κ2) is 6.15. The van der Waals surface area contributed by atoms with Gasteiger partial charge in [0, 0.05) is 4.88 Å². The first-order chi connectivity index (χ1) is 9.58. The third kappa shape index (κ3) is 3.54. The number of amides is 2. The Morgan fingerprint density at radius 2 is 2.25 bits per heavy atom. The van der Waals surface area contributed by atoms with E-state index in [1.54, 1.807) is 6.07 Å². The Hall–Kier alpha value is -2.42. The van der Waals surface area contributed by atoms with E-state index in [9.17, 15) is 9.59 Å². The molecule has 9 heteroatoms. The molecule has 0 atom stereocenters. The highest BCUT2D eigenvalue weighted by Crippen LogP contribution is 2.14. The maximum Gasteiger partial charge on any atom is 0.336 e. The smallest absolute Gasteiger partial charge is 0.336 e. The first-order valence-electron chi connectivity index (χ1n) is 5.69. The molecule has 2 aromatic heterocycles. The Balaban J connectivity index is 1.81. The molecule has 0 bridgehead atoms. The van der Waals surface area contributed by atoms with Crippen molar-refractivity contribution in [2.45, 2.75) is 6.92 Å². The highest BCUT2D eigenvalue weighted by Gasteiger charge is 2.11. The van der Waals surface area contributed by atoms with E-state index in [0.717, 1.165) is 4.88 Å². The number of hydrogen-bond acceptors (Lipinski definition) is 6. The van der Waals surface area contributed by atoms with Crippen LogP contribution in [0.5, 0.6) is 6.01 Å². The van der Waals surface area contributed by atoms with E-state index in [1.807, 2.05) is 13.0 Å². The van der Waals surface area contributed by atoms with Gasteiger partial charge in [-0.1, -0.05) is 0 Å². The number of nitrogens with zero attached hydrogens (tertiary/aromatic N) is 2. The number of H-pyrrole nitrogens is 1. The summed E-state index contributed by atoms with van der Waals surface area (Å²) in [6.07, 6.45) is 0. The van der Waals surface area contributed by atoms with Crippen LogP contribution in [0.4, 0.5) is 5.95 Å². The van der Waals surface area contributed by atoms with Gasteiger partial charge in [0.2, 0.25) is 11.9 Å². The number of aromatic amines is 1. The minimum Gasteiger partial charge on any atom is -0.466 e. The van der Waals surface area contributed by atoms with Crippen LogP contribution in [0.3, 0.4) is 0 Å². The molecule has 0 saturated heterocycles. The van der Waals surface area contributed by atoms with Crippen LogP contribution in [0.15, 0.2) is 12.1 Å². The van der Waals surface area contributed by atoms with Gasteiger partial charge < -0.3 is 10.1 Å². The van der Waals surface area contributed by atoms with Crippen molar-refractivity contribution in [2.24, 2.45) is 0 Å². The molecule has 2 heterocycles. The van der Waals surface area contributed by atoms with E-state index < -0.39 is 5.91 Å². The lowest BCUT2D eigenvalue weighted by molar-refractivity contribution is -0.115. The molecule has 20 heavy (non-hydrogen) atoms. The first-order valence-corrected chi connectivity index (χ1v) is 6.51. The van der Waals surface area contributed by atoms with Crippen molar-refractivity contribution in [3.05, 3.63) is 21.9 Å². The second-order valence-electron chi connectivity index (χ2n) is 3.81. The van der Waals surface area contributed by atoms with Gasteiger partial charge in [0.1, 0.15) is 0 Å². The molecule has 3 N–H and O–H groups in total. The second-order valence-corrected chi connectivity index (χ2v) is 5.10. The minimum absolute atomic E-state index is 0.124. The molecule has 2 rings (SSSR count). The van der Waals surface area contributed by atoms with Gasteiger partial charge in [0.15, 0.2) is 0 Å². The molecule has 2 amide bonds. The van der Waals surface area contributed by atoms with Crippen LogP contribution in [0.1, 0.15) is 14.5 Å². The van der Waals surface area contributed by atoms with Crippen LogP contribution >= 0.6 is 11.3 Å². The SMILES string of the molecule is COc1n[nH]c(NC(=O)CNC(=O)c2ccc(C)s2)n1. The van der Waals surface area contributed by atoms with Crippen molar-refractivity contribution in [2.75, 3.05) is 19.0 Å². The number of nitrogens with one attached hydrogen (secondary N) is 3. The van der Waals surface area contributed by atoms with Crippen molar-refractivity contribution in [1.29, 1.82) is 0 Å². The van der Waals surface area contributed by atoms with Gasteiger partial charge in [-0.2, -0.15) is 4.98 Å². The lowest BCUT2D eigenvalue weighted by Gasteiger charge is -2.03. The lowest BCUT2D eigenvalue weighted by Crippen LogP contribution is -2.32. The van der Waals surface area contributed by atoms with Crippen LogP contribution in [-0.2, 0) is 4.79 Å². The molecule has 0 radical (unpaired) electrons. The fraction of sp³-hybridized carbons (Fsp3) is 0.273. The van der Waals surface area contributed by atoms with E-state index in [-0.39, 0.29) is 24.4 Å². The monoisotopic (exact) mass is 295 g/mol. The summed E-state index contributed by atoms with van der Waals surface area (Å²) in [7, 11) is 1.41. The number of carbonyl (C=O) groups is 2. The maximum atomic E-state index is 11.7. The normalized spacial score (nSPS) is 10.1. The molecule has 0 saturated carbocycles. The molecule has 2 aromatic rings. The van der Waals surface area contributed by atoms with Crippen molar-refractivity contribution in [1.82, 2.24) is 20.5 Å². The molecular weight excluding hydrogens is 282 g/mol. The molecule has 8 nitrogen and oxygen atoms in total. The van der Waals surface area contributed by atoms with Gasteiger partial charge in [-0.3, -0.25) is 14.9 Å². The largest absolute Gasteiger partial charge is 0.466 e. The number of ether oxygens (including phenoxy) is 1. The van der Waals surface area contributed by atoms with Gasteiger partial charge in [-0.05, 0) is 19.1 Å². The van der Waals surface area contributed by atoms with Crippen LogP contribution < -0.4 is 15.4 Å². The molecule has 0 unspecified atom stereocenters.